The fraction of sp³-hybridized carbons (Fsp3) is 0.267. The second kappa shape index (κ2) is 6.04. The summed E-state index contributed by atoms with van der Waals surface area (Å²) >= 11 is 0. The zero-order chi connectivity index (χ0) is 12.4. The fourth-order valence-corrected chi connectivity index (χ4v) is 2.16. The molecule has 1 aliphatic rings. The van der Waals surface area contributed by atoms with Gasteiger partial charge < -0.3 is 10.6 Å². The second-order valence-corrected chi connectivity index (χ2v) is 4.75. The lowest BCUT2D eigenvalue weighted by Gasteiger charge is -2.25. The molecule has 0 unspecified atom stereocenters. The molecule has 2 aromatic rings. The lowest BCUT2D eigenvalue weighted by molar-refractivity contribution is -0.126. The first-order valence-corrected chi connectivity index (χ1v) is 6.29. The number of halogens is 1. The monoisotopic (exact) mass is 276 g/mol. The van der Waals surface area contributed by atoms with Crippen LogP contribution in [0.25, 0.3) is 10.8 Å². The Labute approximate surface area is 118 Å². The maximum absolute atomic E-state index is 11.7. The zero-order valence-electron chi connectivity index (χ0n) is 10.6. The summed E-state index contributed by atoms with van der Waals surface area (Å²) in [6.07, 6.45) is 0. The molecule has 1 amide bonds. The highest BCUT2D eigenvalue weighted by atomic mass is 35.5. The van der Waals surface area contributed by atoms with E-state index < -0.39 is 0 Å². The highest BCUT2D eigenvalue weighted by molar-refractivity contribution is 5.85. The van der Waals surface area contributed by atoms with Crippen molar-refractivity contribution < 1.29 is 4.79 Å². The van der Waals surface area contributed by atoms with Crippen molar-refractivity contribution in [3.63, 3.8) is 0 Å². The van der Waals surface area contributed by atoms with Crippen LogP contribution in [0.4, 0.5) is 0 Å². The summed E-state index contributed by atoms with van der Waals surface area (Å²) < 4.78 is 0. The van der Waals surface area contributed by atoms with E-state index in [4.69, 9.17) is 0 Å². The summed E-state index contributed by atoms with van der Waals surface area (Å²) in [6, 6.07) is 14.6. The number of hydrogen-bond acceptors (Lipinski definition) is 2. The molecule has 0 spiro atoms. The number of rotatable bonds is 3. The van der Waals surface area contributed by atoms with Gasteiger partial charge in [-0.3, -0.25) is 4.79 Å². The van der Waals surface area contributed by atoms with E-state index in [-0.39, 0.29) is 24.2 Å². The van der Waals surface area contributed by atoms with E-state index in [1.165, 1.54) is 10.8 Å². The van der Waals surface area contributed by atoms with E-state index in [1.807, 2.05) is 12.1 Å². The van der Waals surface area contributed by atoms with Gasteiger partial charge in [-0.2, -0.15) is 0 Å². The Morgan fingerprint density at radius 2 is 1.89 bits per heavy atom. The van der Waals surface area contributed by atoms with Crippen molar-refractivity contribution in [1.29, 1.82) is 0 Å². The van der Waals surface area contributed by atoms with Crippen LogP contribution in [-0.2, 0) is 11.3 Å². The van der Waals surface area contributed by atoms with Crippen LogP contribution in [0.2, 0.25) is 0 Å². The maximum Gasteiger partial charge on any atom is 0.225 e. The van der Waals surface area contributed by atoms with Crippen LogP contribution in [0.5, 0.6) is 0 Å². The van der Waals surface area contributed by atoms with Crippen molar-refractivity contribution in [2.45, 2.75) is 6.54 Å². The standard InChI is InChI=1S/C15H16N2O.ClH/c18-15(14-9-16-10-14)17-8-11-5-6-12-3-1-2-4-13(12)7-11;/h1-7,14,16H,8-10H2,(H,17,18);1H. The Hall–Kier alpha value is -1.58. The summed E-state index contributed by atoms with van der Waals surface area (Å²) in [5.41, 5.74) is 1.15. The first kappa shape index (κ1) is 13.8. The number of nitrogens with one attached hydrogen (secondary N) is 2. The van der Waals surface area contributed by atoms with Crippen LogP contribution in [0.1, 0.15) is 5.56 Å². The average Bonchev–Trinajstić information content (AvgIpc) is 2.34. The van der Waals surface area contributed by atoms with Gasteiger partial charge in [-0.1, -0.05) is 36.4 Å². The number of carbonyl (C=O) groups excluding carboxylic acids is 1. The van der Waals surface area contributed by atoms with E-state index in [1.54, 1.807) is 0 Å². The van der Waals surface area contributed by atoms with E-state index in [0.29, 0.717) is 6.54 Å². The van der Waals surface area contributed by atoms with Crippen LogP contribution in [0.15, 0.2) is 42.5 Å². The summed E-state index contributed by atoms with van der Waals surface area (Å²) in [5, 5.41) is 8.54. The average molecular weight is 277 g/mol. The number of amides is 1. The Kier molecular flexibility index (Phi) is 4.40. The fourth-order valence-electron chi connectivity index (χ4n) is 2.16. The van der Waals surface area contributed by atoms with Crippen molar-refractivity contribution in [3.8, 4) is 0 Å². The molecular formula is C15H17ClN2O. The lowest BCUT2D eigenvalue weighted by atomic mass is 10.0. The van der Waals surface area contributed by atoms with Gasteiger partial charge in [0, 0.05) is 19.6 Å². The molecule has 1 heterocycles. The molecule has 1 saturated heterocycles. The van der Waals surface area contributed by atoms with Gasteiger partial charge in [0.2, 0.25) is 5.91 Å². The van der Waals surface area contributed by atoms with Gasteiger partial charge in [0.15, 0.2) is 0 Å². The molecule has 0 atom stereocenters. The van der Waals surface area contributed by atoms with E-state index in [9.17, 15) is 4.79 Å². The second-order valence-electron chi connectivity index (χ2n) is 4.75. The first-order valence-electron chi connectivity index (χ1n) is 6.29. The van der Waals surface area contributed by atoms with Crippen LogP contribution < -0.4 is 10.6 Å². The summed E-state index contributed by atoms with van der Waals surface area (Å²) in [6.45, 7) is 2.23. The Balaban J connectivity index is 0.00000133. The third kappa shape index (κ3) is 3.06. The molecule has 0 aromatic heterocycles. The Bertz CT molecular complexity index is 581. The van der Waals surface area contributed by atoms with E-state index in [2.05, 4.69) is 41.0 Å². The number of hydrogen-bond donors (Lipinski definition) is 2. The molecule has 4 heteroatoms. The maximum atomic E-state index is 11.7. The molecule has 3 nitrogen and oxygen atoms in total. The molecule has 3 rings (SSSR count). The SMILES string of the molecule is Cl.O=C(NCc1ccc2ccccc2c1)C1CNC1. The summed E-state index contributed by atoms with van der Waals surface area (Å²) in [4.78, 5) is 11.7. The van der Waals surface area contributed by atoms with Crippen LogP contribution in [-0.4, -0.2) is 19.0 Å². The highest BCUT2D eigenvalue weighted by Crippen LogP contribution is 2.15. The van der Waals surface area contributed by atoms with Crippen molar-refractivity contribution >= 4 is 29.1 Å². The molecule has 19 heavy (non-hydrogen) atoms. The van der Waals surface area contributed by atoms with Crippen molar-refractivity contribution in [2.75, 3.05) is 13.1 Å². The van der Waals surface area contributed by atoms with Crippen molar-refractivity contribution in [1.82, 2.24) is 10.6 Å². The number of benzene rings is 2. The lowest BCUT2D eigenvalue weighted by Crippen LogP contribution is -2.50. The molecule has 1 aliphatic heterocycles. The van der Waals surface area contributed by atoms with Gasteiger partial charge in [0.25, 0.3) is 0 Å². The van der Waals surface area contributed by atoms with Gasteiger partial charge in [0.1, 0.15) is 0 Å². The van der Waals surface area contributed by atoms with Crippen molar-refractivity contribution in [3.05, 3.63) is 48.0 Å². The largest absolute Gasteiger partial charge is 0.352 e. The minimum Gasteiger partial charge on any atom is -0.352 e. The quantitative estimate of drug-likeness (QED) is 0.901. The first-order chi connectivity index (χ1) is 8.83. The molecule has 0 saturated carbocycles. The van der Waals surface area contributed by atoms with Gasteiger partial charge in [-0.25, -0.2) is 0 Å². The Morgan fingerprint density at radius 3 is 2.58 bits per heavy atom. The number of fused-ring (bicyclic) bond motifs is 1. The summed E-state index contributed by atoms with van der Waals surface area (Å²) in [5.74, 6) is 0.312. The Morgan fingerprint density at radius 1 is 1.16 bits per heavy atom. The highest BCUT2D eigenvalue weighted by Gasteiger charge is 2.24. The summed E-state index contributed by atoms with van der Waals surface area (Å²) in [7, 11) is 0. The van der Waals surface area contributed by atoms with E-state index >= 15 is 0 Å². The molecule has 1 fully saturated rings. The molecular weight excluding hydrogens is 260 g/mol. The third-order valence-electron chi connectivity index (χ3n) is 3.43. The molecule has 2 aromatic carbocycles. The van der Waals surface area contributed by atoms with Crippen LogP contribution in [0, 0.1) is 5.92 Å². The minimum absolute atomic E-state index is 0. The third-order valence-corrected chi connectivity index (χ3v) is 3.43. The van der Waals surface area contributed by atoms with Crippen LogP contribution in [0.3, 0.4) is 0 Å². The predicted molar refractivity (Wildman–Crippen MR) is 79.4 cm³/mol. The molecule has 2 N–H and O–H groups in total. The minimum atomic E-state index is 0. The van der Waals surface area contributed by atoms with Gasteiger partial charge in [-0.05, 0) is 22.4 Å². The molecule has 100 valence electrons. The van der Waals surface area contributed by atoms with Crippen LogP contribution >= 0.6 is 12.4 Å². The molecule has 0 bridgehead atoms. The van der Waals surface area contributed by atoms with E-state index in [0.717, 1.165) is 18.7 Å². The zero-order valence-corrected chi connectivity index (χ0v) is 11.4. The van der Waals surface area contributed by atoms with Gasteiger partial charge in [-0.15, -0.1) is 12.4 Å². The molecule has 0 radical (unpaired) electrons. The predicted octanol–water partition coefficient (Wildman–Crippen LogP) is 2.10. The smallest absolute Gasteiger partial charge is 0.225 e. The number of carbonyl (C=O) groups is 1. The van der Waals surface area contributed by atoms with Gasteiger partial charge in [0.05, 0.1) is 5.92 Å². The van der Waals surface area contributed by atoms with Gasteiger partial charge >= 0.3 is 0 Å². The topological polar surface area (TPSA) is 41.1 Å². The molecule has 0 aliphatic carbocycles. The van der Waals surface area contributed by atoms with Crippen molar-refractivity contribution in [2.24, 2.45) is 5.92 Å². The normalized spacial score (nSPS) is 14.5.